The summed E-state index contributed by atoms with van der Waals surface area (Å²) < 4.78 is 0. The molecule has 0 unspecified atom stereocenters. The lowest BCUT2D eigenvalue weighted by Crippen LogP contribution is -2.33. The number of carbonyl (C=O) groups is 2. The highest BCUT2D eigenvalue weighted by Gasteiger charge is 2.43. The summed E-state index contributed by atoms with van der Waals surface area (Å²) in [6.07, 6.45) is 0.195. The van der Waals surface area contributed by atoms with Gasteiger partial charge in [-0.15, -0.1) is 0 Å². The minimum atomic E-state index is -1.15. The number of carboxylic acid groups (broad SMARTS) is 2. The Balaban J connectivity index is 1.97. The van der Waals surface area contributed by atoms with E-state index in [2.05, 4.69) is 0 Å². The largest absolute Gasteiger partial charge is 0.550 e. The molecule has 0 N–H and O–H groups in total. The van der Waals surface area contributed by atoms with Crippen LogP contribution in [0.3, 0.4) is 0 Å². The molecule has 0 aliphatic heterocycles. The highest BCUT2D eigenvalue weighted by atomic mass is 16.4. The molecule has 5 heteroatoms. The maximum absolute atomic E-state index is 11.2. The molecule has 0 radical (unpaired) electrons. The molecular weight excluding hydrogens is 342 g/mol. The summed E-state index contributed by atoms with van der Waals surface area (Å²) in [5.74, 6) is -2.30. The maximum atomic E-state index is 11.2. The van der Waals surface area contributed by atoms with Gasteiger partial charge in [0.25, 0.3) is 0 Å². The van der Waals surface area contributed by atoms with Gasteiger partial charge < -0.3 is 19.8 Å². The van der Waals surface area contributed by atoms with Crippen molar-refractivity contribution in [1.82, 2.24) is 4.98 Å². The second-order valence-electron chi connectivity index (χ2n) is 6.95. The van der Waals surface area contributed by atoms with Gasteiger partial charge in [-0.3, -0.25) is 0 Å². The van der Waals surface area contributed by atoms with Gasteiger partial charge in [-0.05, 0) is 48.9 Å². The van der Waals surface area contributed by atoms with Crippen LogP contribution in [0.25, 0.3) is 22.2 Å². The van der Waals surface area contributed by atoms with E-state index in [-0.39, 0.29) is 25.7 Å². The van der Waals surface area contributed by atoms with Gasteiger partial charge in [-0.1, -0.05) is 42.5 Å². The number of pyridine rings is 1. The minimum Gasteiger partial charge on any atom is -0.550 e. The van der Waals surface area contributed by atoms with Crippen LogP contribution in [0, 0.1) is 0 Å². The number of benzene rings is 2. The molecule has 0 bridgehead atoms. The highest BCUT2D eigenvalue weighted by Crippen LogP contribution is 2.53. The summed E-state index contributed by atoms with van der Waals surface area (Å²) >= 11 is 0. The van der Waals surface area contributed by atoms with Gasteiger partial charge in [-0.25, -0.2) is 4.98 Å². The third-order valence-corrected chi connectivity index (χ3v) is 5.45. The van der Waals surface area contributed by atoms with Crippen molar-refractivity contribution in [3.05, 3.63) is 65.7 Å². The molecule has 2 aromatic carbocycles. The second kappa shape index (κ2) is 6.50. The van der Waals surface area contributed by atoms with E-state index in [1.807, 2.05) is 54.6 Å². The fourth-order valence-electron chi connectivity index (χ4n) is 4.23. The van der Waals surface area contributed by atoms with Crippen molar-refractivity contribution in [2.75, 3.05) is 0 Å². The predicted octanol–water partition coefficient (Wildman–Crippen LogP) is 1.56. The fraction of sp³-hybridized carbons (Fsp3) is 0.227. The molecule has 136 valence electrons. The van der Waals surface area contributed by atoms with Crippen molar-refractivity contribution in [3.8, 4) is 11.3 Å². The SMILES string of the molecule is O=C([O-])CCC1(CCC(=O)[O-])c2ccccc2-c2nc3ccccc3cc21. The lowest BCUT2D eigenvalue weighted by Gasteiger charge is -2.32. The van der Waals surface area contributed by atoms with Gasteiger partial charge in [0.1, 0.15) is 0 Å². The molecule has 5 nitrogen and oxygen atoms in total. The predicted molar refractivity (Wildman–Crippen MR) is 96.4 cm³/mol. The number of carboxylic acids is 2. The van der Waals surface area contributed by atoms with Gasteiger partial charge >= 0.3 is 0 Å². The van der Waals surface area contributed by atoms with Crippen molar-refractivity contribution < 1.29 is 19.8 Å². The van der Waals surface area contributed by atoms with Gasteiger partial charge in [0.05, 0.1) is 11.2 Å². The normalized spacial score (nSPS) is 13.9. The van der Waals surface area contributed by atoms with E-state index in [1.54, 1.807) is 0 Å². The summed E-state index contributed by atoms with van der Waals surface area (Å²) in [7, 11) is 0. The second-order valence-corrected chi connectivity index (χ2v) is 6.95. The van der Waals surface area contributed by atoms with E-state index in [1.165, 1.54) is 0 Å². The standard InChI is InChI=1S/C22H19NO4/c24-19(25)9-11-22(12-10-20(26)27)16-7-3-2-6-15(16)21-17(22)13-14-5-1-4-8-18(14)23-21/h1-8,13H,9-12H2,(H,24,25)(H,26,27)/p-2. The minimum absolute atomic E-state index is 0.159. The molecule has 0 spiro atoms. The van der Waals surface area contributed by atoms with E-state index in [4.69, 9.17) is 4.98 Å². The van der Waals surface area contributed by atoms with Crippen molar-refractivity contribution in [1.29, 1.82) is 0 Å². The van der Waals surface area contributed by atoms with Crippen LogP contribution >= 0.6 is 0 Å². The molecule has 1 heterocycles. The Morgan fingerprint density at radius 1 is 0.852 bits per heavy atom. The molecule has 1 aliphatic rings. The third kappa shape index (κ3) is 2.85. The Labute approximate surface area is 156 Å². The van der Waals surface area contributed by atoms with Crippen LogP contribution in [0.15, 0.2) is 54.6 Å². The van der Waals surface area contributed by atoms with Crippen LogP contribution in [-0.2, 0) is 15.0 Å². The topological polar surface area (TPSA) is 93.1 Å². The van der Waals surface area contributed by atoms with Crippen LogP contribution in [-0.4, -0.2) is 16.9 Å². The first-order chi connectivity index (χ1) is 13.0. The fourth-order valence-corrected chi connectivity index (χ4v) is 4.23. The van der Waals surface area contributed by atoms with Gasteiger partial charge in [0.2, 0.25) is 0 Å². The number of nitrogens with zero attached hydrogens (tertiary/aromatic N) is 1. The van der Waals surface area contributed by atoms with Gasteiger partial charge in [0.15, 0.2) is 0 Å². The summed E-state index contributed by atoms with van der Waals surface area (Å²) in [5.41, 5.74) is 3.64. The molecule has 0 saturated carbocycles. The number of aliphatic carboxylic acids is 2. The van der Waals surface area contributed by atoms with Crippen LogP contribution in [0.5, 0.6) is 0 Å². The monoisotopic (exact) mass is 359 g/mol. The summed E-state index contributed by atoms with van der Waals surface area (Å²) in [6.45, 7) is 0. The molecule has 0 saturated heterocycles. The summed E-state index contributed by atoms with van der Waals surface area (Å²) in [5, 5.41) is 23.4. The van der Waals surface area contributed by atoms with E-state index >= 15 is 0 Å². The molecule has 27 heavy (non-hydrogen) atoms. The molecule has 0 atom stereocenters. The Kier molecular flexibility index (Phi) is 4.15. The van der Waals surface area contributed by atoms with E-state index in [9.17, 15) is 19.8 Å². The number of rotatable bonds is 6. The first kappa shape index (κ1) is 17.2. The molecular formula is C22H17NO4-2. The molecule has 0 fully saturated rings. The molecule has 4 rings (SSSR count). The zero-order valence-electron chi connectivity index (χ0n) is 14.6. The van der Waals surface area contributed by atoms with Gasteiger partial charge in [-0.2, -0.15) is 0 Å². The van der Waals surface area contributed by atoms with Crippen LogP contribution in [0.4, 0.5) is 0 Å². The first-order valence-corrected chi connectivity index (χ1v) is 8.91. The Bertz CT molecular complexity index is 1040. The highest BCUT2D eigenvalue weighted by molar-refractivity contribution is 5.88. The van der Waals surface area contributed by atoms with Crippen molar-refractivity contribution >= 4 is 22.8 Å². The molecule has 0 amide bonds. The number of hydrogen-bond donors (Lipinski definition) is 0. The van der Waals surface area contributed by atoms with E-state index < -0.39 is 17.4 Å². The van der Waals surface area contributed by atoms with Crippen molar-refractivity contribution in [2.45, 2.75) is 31.1 Å². The number of fused-ring (bicyclic) bond motifs is 4. The van der Waals surface area contributed by atoms with Crippen molar-refractivity contribution in [2.24, 2.45) is 0 Å². The maximum Gasteiger partial charge on any atom is 0.0753 e. The lowest BCUT2D eigenvalue weighted by atomic mass is 9.71. The van der Waals surface area contributed by atoms with Crippen LogP contribution in [0.2, 0.25) is 0 Å². The number of hydrogen-bond acceptors (Lipinski definition) is 5. The zero-order valence-corrected chi connectivity index (χ0v) is 14.6. The van der Waals surface area contributed by atoms with Crippen LogP contribution in [0.1, 0.15) is 36.8 Å². The number of aromatic nitrogens is 1. The number of carbonyl (C=O) groups excluding carboxylic acids is 2. The lowest BCUT2D eigenvalue weighted by molar-refractivity contribution is -0.306. The summed E-state index contributed by atoms with van der Waals surface area (Å²) in [6, 6.07) is 17.4. The average Bonchev–Trinajstić information content (AvgIpc) is 2.93. The Morgan fingerprint density at radius 3 is 2.19 bits per heavy atom. The van der Waals surface area contributed by atoms with E-state index in [0.717, 1.165) is 33.3 Å². The molecule has 1 aromatic heterocycles. The molecule has 3 aromatic rings. The average molecular weight is 359 g/mol. The Hall–Kier alpha value is -3.21. The number of para-hydroxylation sites is 1. The smallest absolute Gasteiger partial charge is 0.0753 e. The summed E-state index contributed by atoms with van der Waals surface area (Å²) in [4.78, 5) is 27.3. The van der Waals surface area contributed by atoms with Crippen molar-refractivity contribution in [3.63, 3.8) is 0 Å². The van der Waals surface area contributed by atoms with E-state index in [0.29, 0.717) is 0 Å². The van der Waals surface area contributed by atoms with Gasteiger partial charge in [0, 0.05) is 28.3 Å². The third-order valence-electron chi connectivity index (χ3n) is 5.45. The first-order valence-electron chi connectivity index (χ1n) is 8.91. The zero-order chi connectivity index (χ0) is 19.0. The Morgan fingerprint density at radius 2 is 1.48 bits per heavy atom. The quantitative estimate of drug-likeness (QED) is 0.666. The van der Waals surface area contributed by atoms with Crippen LogP contribution < -0.4 is 10.2 Å². The molecule has 1 aliphatic carbocycles.